The summed E-state index contributed by atoms with van der Waals surface area (Å²) < 4.78 is 1.86. The average molecular weight is 236 g/mol. The minimum atomic E-state index is 0.271. The lowest BCUT2D eigenvalue weighted by atomic mass is 10.3. The molecule has 1 heterocycles. The lowest BCUT2D eigenvalue weighted by molar-refractivity contribution is 0.512. The van der Waals surface area contributed by atoms with E-state index in [1.807, 2.05) is 41.2 Å². The maximum absolute atomic E-state index is 5.82. The van der Waals surface area contributed by atoms with Gasteiger partial charge in [-0.15, -0.1) is 0 Å². The molecule has 0 bridgehead atoms. The first kappa shape index (κ1) is 11.0. The number of nitrogens with one attached hydrogen (secondary N) is 1. The topological polar surface area (TPSA) is 29.9 Å². The third-order valence-corrected chi connectivity index (χ3v) is 2.59. The van der Waals surface area contributed by atoms with E-state index in [0.29, 0.717) is 5.02 Å². The van der Waals surface area contributed by atoms with Crippen molar-refractivity contribution in [1.82, 2.24) is 9.78 Å². The number of hydrogen-bond acceptors (Lipinski definition) is 2. The molecular weight excluding hydrogens is 222 g/mol. The number of benzene rings is 1. The minimum Gasteiger partial charge on any atom is -0.383 e. The van der Waals surface area contributed by atoms with Gasteiger partial charge in [0.15, 0.2) is 0 Å². The highest BCUT2D eigenvalue weighted by atomic mass is 35.5. The van der Waals surface area contributed by atoms with Gasteiger partial charge in [-0.3, -0.25) is 4.68 Å². The molecule has 1 N–H and O–H groups in total. The molecule has 1 unspecified atom stereocenters. The third-order valence-electron chi connectivity index (χ3n) is 2.40. The van der Waals surface area contributed by atoms with Crippen LogP contribution in [0.2, 0.25) is 5.02 Å². The van der Waals surface area contributed by atoms with E-state index in [9.17, 15) is 0 Å². The zero-order chi connectivity index (χ0) is 11.4. The van der Waals surface area contributed by atoms with E-state index in [2.05, 4.69) is 17.3 Å². The fourth-order valence-corrected chi connectivity index (χ4v) is 1.61. The molecule has 3 nitrogen and oxygen atoms in total. The largest absolute Gasteiger partial charge is 0.383 e. The lowest BCUT2D eigenvalue weighted by Crippen LogP contribution is -2.16. The summed E-state index contributed by atoms with van der Waals surface area (Å²) in [6, 6.07) is 10.4. The Morgan fingerprint density at radius 1 is 1.38 bits per heavy atom. The predicted octanol–water partition coefficient (Wildman–Crippen LogP) is 3.21. The summed E-state index contributed by atoms with van der Waals surface area (Å²) >= 11 is 5.82. The predicted molar refractivity (Wildman–Crippen MR) is 66.9 cm³/mol. The van der Waals surface area contributed by atoms with Crippen LogP contribution < -0.4 is 5.32 Å². The van der Waals surface area contributed by atoms with Crippen molar-refractivity contribution in [2.24, 2.45) is 0 Å². The average Bonchev–Trinajstić information content (AvgIpc) is 2.74. The molecule has 1 aromatic carbocycles. The molecule has 0 radical (unpaired) electrons. The van der Waals surface area contributed by atoms with Crippen molar-refractivity contribution < 1.29 is 0 Å². The maximum atomic E-state index is 5.82. The molecule has 1 atom stereocenters. The second-order valence-corrected chi connectivity index (χ2v) is 4.17. The first-order valence-electron chi connectivity index (χ1n) is 5.24. The van der Waals surface area contributed by atoms with Crippen LogP contribution in [-0.2, 0) is 0 Å². The highest BCUT2D eigenvalue weighted by Gasteiger charge is 2.05. The Morgan fingerprint density at radius 3 is 2.75 bits per heavy atom. The Hall–Kier alpha value is -1.48. The number of hydrogen-bond donors (Lipinski definition) is 1. The molecular formula is C12H14ClN3. The van der Waals surface area contributed by atoms with Crippen molar-refractivity contribution in [3.63, 3.8) is 0 Å². The van der Waals surface area contributed by atoms with Gasteiger partial charge in [-0.2, -0.15) is 5.10 Å². The van der Waals surface area contributed by atoms with Gasteiger partial charge in [0.1, 0.15) is 0 Å². The molecule has 0 aliphatic rings. The van der Waals surface area contributed by atoms with Crippen LogP contribution in [-0.4, -0.2) is 16.3 Å². The zero-order valence-corrected chi connectivity index (χ0v) is 9.85. The molecule has 0 spiro atoms. The molecule has 0 aliphatic carbocycles. The van der Waals surface area contributed by atoms with Crippen molar-refractivity contribution in [2.45, 2.75) is 13.0 Å². The van der Waals surface area contributed by atoms with Gasteiger partial charge in [0.25, 0.3) is 0 Å². The standard InChI is InChI=1S/C12H14ClN3/c1-10(16-9-11(13)8-15-16)7-14-12-5-3-2-4-6-12/h2-6,8-10,14H,7H2,1H3. The number of halogens is 1. The highest BCUT2D eigenvalue weighted by molar-refractivity contribution is 6.30. The number of anilines is 1. The van der Waals surface area contributed by atoms with Gasteiger partial charge in [-0.05, 0) is 19.1 Å². The monoisotopic (exact) mass is 235 g/mol. The molecule has 2 aromatic rings. The Labute approximate surface area is 100 Å². The second kappa shape index (κ2) is 5.03. The van der Waals surface area contributed by atoms with E-state index < -0.39 is 0 Å². The maximum Gasteiger partial charge on any atom is 0.0785 e. The van der Waals surface area contributed by atoms with Crippen molar-refractivity contribution >= 4 is 17.3 Å². The van der Waals surface area contributed by atoms with Gasteiger partial charge in [0.05, 0.1) is 17.3 Å². The summed E-state index contributed by atoms with van der Waals surface area (Å²) in [5.41, 5.74) is 1.12. The number of rotatable bonds is 4. The Balaban J connectivity index is 1.91. The Kier molecular flexibility index (Phi) is 3.47. The van der Waals surface area contributed by atoms with Gasteiger partial charge < -0.3 is 5.32 Å². The summed E-state index contributed by atoms with van der Waals surface area (Å²) in [5.74, 6) is 0. The molecule has 84 valence electrons. The molecule has 1 aromatic heterocycles. The van der Waals surface area contributed by atoms with E-state index in [-0.39, 0.29) is 6.04 Å². The number of para-hydroxylation sites is 1. The summed E-state index contributed by atoms with van der Waals surface area (Å²) in [6.45, 7) is 2.92. The molecule has 0 fully saturated rings. The van der Waals surface area contributed by atoms with Crippen molar-refractivity contribution in [3.8, 4) is 0 Å². The van der Waals surface area contributed by atoms with E-state index in [1.54, 1.807) is 6.20 Å². The van der Waals surface area contributed by atoms with Gasteiger partial charge in [0.2, 0.25) is 0 Å². The van der Waals surface area contributed by atoms with Crippen LogP contribution in [0.25, 0.3) is 0 Å². The first-order chi connectivity index (χ1) is 7.75. The van der Waals surface area contributed by atoms with Crippen LogP contribution in [0, 0.1) is 0 Å². The van der Waals surface area contributed by atoms with Gasteiger partial charge in [0, 0.05) is 18.4 Å². The van der Waals surface area contributed by atoms with Crippen LogP contribution >= 0.6 is 11.6 Å². The van der Waals surface area contributed by atoms with Crippen molar-refractivity contribution in [1.29, 1.82) is 0 Å². The molecule has 4 heteroatoms. The Bertz CT molecular complexity index is 439. The third kappa shape index (κ3) is 2.76. The smallest absolute Gasteiger partial charge is 0.0785 e. The van der Waals surface area contributed by atoms with Gasteiger partial charge in [-0.25, -0.2) is 0 Å². The summed E-state index contributed by atoms with van der Waals surface area (Å²) in [6.07, 6.45) is 3.49. The van der Waals surface area contributed by atoms with E-state index in [1.165, 1.54) is 0 Å². The van der Waals surface area contributed by atoms with Crippen LogP contribution in [0.1, 0.15) is 13.0 Å². The molecule has 2 rings (SSSR count). The summed E-state index contributed by atoms with van der Waals surface area (Å²) in [7, 11) is 0. The summed E-state index contributed by atoms with van der Waals surface area (Å²) in [5, 5.41) is 8.19. The number of aromatic nitrogens is 2. The van der Waals surface area contributed by atoms with Gasteiger partial charge in [-0.1, -0.05) is 29.8 Å². The van der Waals surface area contributed by atoms with E-state index >= 15 is 0 Å². The summed E-state index contributed by atoms with van der Waals surface area (Å²) in [4.78, 5) is 0. The molecule has 0 saturated carbocycles. The SMILES string of the molecule is CC(CNc1ccccc1)n1cc(Cl)cn1. The molecule has 0 amide bonds. The zero-order valence-electron chi connectivity index (χ0n) is 9.10. The fraction of sp³-hybridized carbons (Fsp3) is 0.250. The second-order valence-electron chi connectivity index (χ2n) is 3.73. The first-order valence-corrected chi connectivity index (χ1v) is 5.62. The van der Waals surface area contributed by atoms with E-state index in [0.717, 1.165) is 12.2 Å². The molecule has 0 aliphatic heterocycles. The van der Waals surface area contributed by atoms with Crippen molar-refractivity contribution in [2.75, 3.05) is 11.9 Å². The van der Waals surface area contributed by atoms with Crippen LogP contribution in [0.4, 0.5) is 5.69 Å². The molecule has 16 heavy (non-hydrogen) atoms. The Morgan fingerprint density at radius 2 is 2.12 bits per heavy atom. The van der Waals surface area contributed by atoms with Crippen LogP contribution in [0.5, 0.6) is 0 Å². The van der Waals surface area contributed by atoms with Crippen LogP contribution in [0.15, 0.2) is 42.7 Å². The molecule has 0 saturated heterocycles. The highest BCUT2D eigenvalue weighted by Crippen LogP contribution is 2.12. The van der Waals surface area contributed by atoms with E-state index in [4.69, 9.17) is 11.6 Å². The van der Waals surface area contributed by atoms with Crippen LogP contribution in [0.3, 0.4) is 0 Å². The lowest BCUT2D eigenvalue weighted by Gasteiger charge is -2.13. The van der Waals surface area contributed by atoms with Gasteiger partial charge >= 0.3 is 0 Å². The fourth-order valence-electron chi connectivity index (χ4n) is 1.47. The minimum absolute atomic E-state index is 0.271. The number of nitrogens with zero attached hydrogens (tertiary/aromatic N) is 2. The van der Waals surface area contributed by atoms with Crippen molar-refractivity contribution in [3.05, 3.63) is 47.7 Å². The quantitative estimate of drug-likeness (QED) is 0.882. The normalized spacial score (nSPS) is 12.4.